The standard InChI is InChI=1S/C34H20N4.Pt/c1-3-16-30-25(11-1)27-14-6-13-24(33(27)37-30)22-9-5-10-23(21-22)29-17-7-19-32(36-29)38-31-18-4-2-12-26(31)28-15-8-20-35-34(28)38;/h1-20H;/q-2;+2. The van der Waals surface area contributed by atoms with E-state index in [1.807, 2.05) is 36.5 Å². The Labute approximate surface area is 239 Å². The summed E-state index contributed by atoms with van der Waals surface area (Å²) in [6, 6.07) is 43.1. The molecular weight excluding hydrogens is 659 g/mol. The molecule has 4 heterocycles. The van der Waals surface area contributed by atoms with Gasteiger partial charge < -0.3 is 4.98 Å². The van der Waals surface area contributed by atoms with Crippen LogP contribution in [-0.4, -0.2) is 14.5 Å². The zero-order valence-electron chi connectivity index (χ0n) is 20.7. The van der Waals surface area contributed by atoms with Crippen LogP contribution in [0.2, 0.25) is 0 Å². The molecule has 0 aliphatic carbocycles. The Morgan fingerprint density at radius 1 is 0.615 bits per heavy atom. The fourth-order valence-electron chi connectivity index (χ4n) is 5.52. The molecule has 0 saturated carbocycles. The molecule has 39 heavy (non-hydrogen) atoms. The van der Waals surface area contributed by atoms with Crippen LogP contribution in [0.15, 0.2) is 121 Å². The Bertz CT molecular complexity index is 2100. The van der Waals surface area contributed by atoms with Crippen molar-refractivity contribution in [2.45, 2.75) is 0 Å². The fourth-order valence-corrected chi connectivity index (χ4v) is 5.52. The Morgan fingerprint density at radius 3 is 2.31 bits per heavy atom. The Kier molecular flexibility index (Phi) is 5.64. The number of aromatic nitrogens is 4. The number of para-hydroxylation sites is 3. The molecule has 0 amide bonds. The maximum atomic E-state index is 5.09. The van der Waals surface area contributed by atoms with Crippen LogP contribution in [0, 0.1) is 6.07 Å². The van der Waals surface area contributed by atoms with Crippen molar-refractivity contribution < 1.29 is 21.1 Å². The van der Waals surface area contributed by atoms with Gasteiger partial charge in [-0.2, -0.15) is 5.52 Å². The maximum absolute atomic E-state index is 5.09. The zero-order chi connectivity index (χ0) is 25.1. The number of nitrogens with zero attached hydrogens (tertiary/aromatic N) is 4. The molecule has 0 unspecified atom stereocenters. The van der Waals surface area contributed by atoms with Crippen LogP contribution < -0.4 is 4.98 Å². The third kappa shape index (κ3) is 3.71. The van der Waals surface area contributed by atoms with Crippen LogP contribution in [0.3, 0.4) is 0 Å². The van der Waals surface area contributed by atoms with E-state index < -0.39 is 0 Å². The Balaban J connectivity index is 0.00000253. The minimum Gasteiger partial charge on any atom is -0.663 e. The van der Waals surface area contributed by atoms with E-state index in [9.17, 15) is 0 Å². The molecule has 4 nitrogen and oxygen atoms in total. The minimum absolute atomic E-state index is 0. The van der Waals surface area contributed by atoms with E-state index in [0.29, 0.717) is 0 Å². The molecule has 4 aromatic carbocycles. The van der Waals surface area contributed by atoms with Crippen LogP contribution in [0.1, 0.15) is 0 Å². The second-order valence-electron chi connectivity index (χ2n) is 9.42. The number of pyridine rings is 2. The summed E-state index contributed by atoms with van der Waals surface area (Å²) < 4.78 is 2.14. The van der Waals surface area contributed by atoms with Crippen molar-refractivity contribution >= 4 is 43.7 Å². The van der Waals surface area contributed by atoms with Crippen LogP contribution >= 0.6 is 0 Å². The molecule has 0 aliphatic rings. The molecule has 0 bridgehead atoms. The molecule has 0 saturated heterocycles. The van der Waals surface area contributed by atoms with Gasteiger partial charge in [-0.15, -0.1) is 35.3 Å². The first-order valence-electron chi connectivity index (χ1n) is 12.6. The van der Waals surface area contributed by atoms with Crippen LogP contribution in [0.5, 0.6) is 0 Å². The number of hydrogen-bond donors (Lipinski definition) is 0. The van der Waals surface area contributed by atoms with Gasteiger partial charge in [-0.25, -0.2) is 4.98 Å². The summed E-state index contributed by atoms with van der Waals surface area (Å²) in [6.07, 6.45) is 1.83. The first kappa shape index (κ1) is 23.6. The molecule has 0 spiro atoms. The molecular formula is C34H20N4Pt. The first-order chi connectivity index (χ1) is 18.8. The number of hydrogen-bond acceptors (Lipinski definition) is 2. The van der Waals surface area contributed by atoms with Gasteiger partial charge in [0.2, 0.25) is 0 Å². The summed E-state index contributed by atoms with van der Waals surface area (Å²) in [7, 11) is 0. The SMILES string of the molecule is [Pt+2].[c-]1c(-c2cccc(-n3c4ccccc4c4cccnc43)n2)cccc1-c1cccc2c1[n-]c1ccccc12. The monoisotopic (exact) mass is 679 g/mol. The van der Waals surface area contributed by atoms with Crippen molar-refractivity contribution in [2.24, 2.45) is 0 Å². The van der Waals surface area contributed by atoms with Crippen LogP contribution in [-0.2, 0) is 21.1 Å². The second-order valence-corrected chi connectivity index (χ2v) is 9.42. The predicted molar refractivity (Wildman–Crippen MR) is 154 cm³/mol. The summed E-state index contributed by atoms with van der Waals surface area (Å²) in [5, 5.41) is 4.62. The molecule has 5 heteroatoms. The molecule has 0 atom stereocenters. The van der Waals surface area contributed by atoms with E-state index in [4.69, 9.17) is 15.0 Å². The predicted octanol–water partition coefficient (Wildman–Crippen LogP) is 7.97. The van der Waals surface area contributed by atoms with Gasteiger partial charge in [0.25, 0.3) is 0 Å². The summed E-state index contributed by atoms with van der Waals surface area (Å²) >= 11 is 0. The number of rotatable bonds is 3. The van der Waals surface area contributed by atoms with Gasteiger partial charge in [0.05, 0.1) is 5.52 Å². The smallest absolute Gasteiger partial charge is 0.663 e. The topological polar surface area (TPSA) is 44.8 Å². The van der Waals surface area contributed by atoms with Crippen molar-refractivity contribution in [1.82, 2.24) is 19.5 Å². The van der Waals surface area contributed by atoms with E-state index in [2.05, 4.69) is 95.6 Å². The van der Waals surface area contributed by atoms with Crippen LogP contribution in [0.4, 0.5) is 0 Å². The summed E-state index contributed by atoms with van der Waals surface area (Å²) in [5.41, 5.74) is 7.87. The average Bonchev–Trinajstić information content (AvgIpc) is 3.53. The van der Waals surface area contributed by atoms with E-state index in [-0.39, 0.29) is 21.1 Å². The quantitative estimate of drug-likeness (QED) is 0.178. The van der Waals surface area contributed by atoms with E-state index in [0.717, 1.165) is 61.2 Å². The number of benzene rings is 4. The fraction of sp³-hybridized carbons (Fsp3) is 0. The minimum atomic E-state index is 0. The zero-order valence-corrected chi connectivity index (χ0v) is 22.9. The molecule has 8 aromatic rings. The first-order valence-corrected chi connectivity index (χ1v) is 12.6. The molecule has 186 valence electrons. The summed E-state index contributed by atoms with van der Waals surface area (Å²) in [6.45, 7) is 0. The van der Waals surface area contributed by atoms with Crippen molar-refractivity contribution in [3.05, 3.63) is 128 Å². The van der Waals surface area contributed by atoms with Gasteiger partial charge in [-0.3, -0.25) is 9.55 Å². The molecule has 0 radical (unpaired) electrons. The molecule has 0 aliphatic heterocycles. The van der Waals surface area contributed by atoms with Crippen molar-refractivity contribution in [3.8, 4) is 28.2 Å². The van der Waals surface area contributed by atoms with Crippen molar-refractivity contribution in [3.63, 3.8) is 0 Å². The largest absolute Gasteiger partial charge is 2.00 e. The summed E-state index contributed by atoms with van der Waals surface area (Å²) in [5.74, 6) is 0.831. The summed E-state index contributed by atoms with van der Waals surface area (Å²) in [4.78, 5) is 14.8. The molecule has 8 rings (SSSR count). The normalized spacial score (nSPS) is 11.4. The maximum Gasteiger partial charge on any atom is 2.00 e. The molecule has 4 aromatic heterocycles. The van der Waals surface area contributed by atoms with E-state index in [1.54, 1.807) is 0 Å². The second kappa shape index (κ2) is 9.34. The van der Waals surface area contributed by atoms with Gasteiger partial charge >= 0.3 is 21.1 Å². The average molecular weight is 680 g/mol. The van der Waals surface area contributed by atoms with Gasteiger partial charge in [-0.1, -0.05) is 83.9 Å². The van der Waals surface area contributed by atoms with Gasteiger partial charge in [0, 0.05) is 22.7 Å². The third-order valence-corrected chi connectivity index (χ3v) is 7.22. The van der Waals surface area contributed by atoms with Crippen molar-refractivity contribution in [1.29, 1.82) is 0 Å². The van der Waals surface area contributed by atoms with E-state index >= 15 is 0 Å². The van der Waals surface area contributed by atoms with Crippen molar-refractivity contribution in [2.75, 3.05) is 0 Å². The van der Waals surface area contributed by atoms with Crippen LogP contribution in [0.25, 0.3) is 71.9 Å². The van der Waals surface area contributed by atoms with Gasteiger partial charge in [0.1, 0.15) is 11.5 Å². The Hall–Kier alpha value is -4.53. The van der Waals surface area contributed by atoms with Gasteiger partial charge in [-0.05, 0) is 35.0 Å². The molecule has 0 N–H and O–H groups in total. The van der Waals surface area contributed by atoms with Gasteiger partial charge in [0.15, 0.2) is 0 Å². The molecule has 0 fully saturated rings. The third-order valence-electron chi connectivity index (χ3n) is 7.22. The Morgan fingerprint density at radius 2 is 1.36 bits per heavy atom. The number of fused-ring (bicyclic) bond motifs is 6. The van der Waals surface area contributed by atoms with E-state index in [1.165, 1.54) is 10.8 Å².